The molecule has 6 heteroatoms. The van der Waals surface area contributed by atoms with Gasteiger partial charge in [-0.25, -0.2) is 0 Å². The Bertz CT molecular complexity index is 454. The zero-order valence-corrected chi connectivity index (χ0v) is 11.6. The number of nitrogens with one attached hydrogen (secondary N) is 1. The molecular weight excluding hydrogens is 269 g/mol. The van der Waals surface area contributed by atoms with E-state index in [1.165, 1.54) is 6.07 Å². The minimum atomic E-state index is -4.35. The molecule has 0 aliphatic carbocycles. The molecule has 2 rings (SSSR count). The predicted octanol–water partition coefficient (Wildman–Crippen LogP) is 3.10. The molecule has 1 aromatic heterocycles. The highest BCUT2D eigenvalue weighted by Crippen LogP contribution is 2.34. The third kappa shape index (κ3) is 3.70. The predicted molar refractivity (Wildman–Crippen MR) is 69.4 cm³/mol. The Balaban J connectivity index is 2.12. The van der Waals surface area contributed by atoms with Crippen molar-refractivity contribution in [3.05, 3.63) is 29.1 Å². The first-order valence-electron chi connectivity index (χ1n) is 6.76. The van der Waals surface area contributed by atoms with Crippen LogP contribution in [-0.4, -0.2) is 24.2 Å². The van der Waals surface area contributed by atoms with E-state index in [2.05, 4.69) is 10.3 Å². The fourth-order valence-electron chi connectivity index (χ4n) is 2.24. The molecule has 1 aromatic rings. The highest BCUT2D eigenvalue weighted by molar-refractivity contribution is 5.28. The van der Waals surface area contributed by atoms with Gasteiger partial charge < -0.3 is 10.1 Å². The number of nitrogens with zero attached hydrogens (tertiary/aromatic N) is 1. The summed E-state index contributed by atoms with van der Waals surface area (Å²) in [6.07, 6.45) is -3.42. The molecule has 3 nitrogen and oxygen atoms in total. The van der Waals surface area contributed by atoms with Gasteiger partial charge >= 0.3 is 6.18 Å². The lowest BCUT2D eigenvalue weighted by Gasteiger charge is -2.17. The molecular formula is C14H19F3N2O. The van der Waals surface area contributed by atoms with Gasteiger partial charge in [-0.2, -0.15) is 13.2 Å². The summed E-state index contributed by atoms with van der Waals surface area (Å²) < 4.78 is 43.9. The quantitative estimate of drug-likeness (QED) is 0.924. The fourth-order valence-corrected chi connectivity index (χ4v) is 2.24. The van der Waals surface area contributed by atoms with Gasteiger partial charge in [0.05, 0.1) is 23.6 Å². The van der Waals surface area contributed by atoms with Gasteiger partial charge in [0.1, 0.15) is 0 Å². The maximum absolute atomic E-state index is 12.9. The summed E-state index contributed by atoms with van der Waals surface area (Å²) >= 11 is 0. The highest BCUT2D eigenvalue weighted by Gasteiger charge is 2.34. The minimum absolute atomic E-state index is 0.111. The summed E-state index contributed by atoms with van der Waals surface area (Å²) in [4.78, 5) is 4.18. The number of alkyl halides is 3. The van der Waals surface area contributed by atoms with Crippen LogP contribution >= 0.6 is 0 Å². The van der Waals surface area contributed by atoms with Crippen molar-refractivity contribution in [1.29, 1.82) is 0 Å². The SMILES string of the molecule is CC(C)c1nc(CNC2CCOC2)ccc1C(F)(F)F. The van der Waals surface area contributed by atoms with E-state index in [4.69, 9.17) is 4.74 Å². The van der Waals surface area contributed by atoms with Gasteiger partial charge in [0.25, 0.3) is 0 Å². The molecule has 0 bridgehead atoms. The molecule has 2 heterocycles. The first kappa shape index (κ1) is 15.3. The number of rotatable bonds is 4. The van der Waals surface area contributed by atoms with Crippen LogP contribution in [0.2, 0.25) is 0 Å². The molecule has 20 heavy (non-hydrogen) atoms. The van der Waals surface area contributed by atoms with Crippen LogP contribution in [0.5, 0.6) is 0 Å². The van der Waals surface area contributed by atoms with Crippen LogP contribution in [0.15, 0.2) is 12.1 Å². The van der Waals surface area contributed by atoms with Crippen molar-refractivity contribution in [3.8, 4) is 0 Å². The Morgan fingerprint density at radius 2 is 2.15 bits per heavy atom. The van der Waals surface area contributed by atoms with Crippen LogP contribution in [0.3, 0.4) is 0 Å². The van der Waals surface area contributed by atoms with E-state index < -0.39 is 11.7 Å². The molecule has 0 spiro atoms. The van der Waals surface area contributed by atoms with Crippen LogP contribution in [0.25, 0.3) is 0 Å². The van der Waals surface area contributed by atoms with E-state index in [0.29, 0.717) is 18.8 Å². The Morgan fingerprint density at radius 3 is 2.70 bits per heavy atom. The number of halogens is 3. The number of hydrogen-bond acceptors (Lipinski definition) is 3. The Hall–Kier alpha value is -1.14. The van der Waals surface area contributed by atoms with Gasteiger partial charge in [0, 0.05) is 19.2 Å². The van der Waals surface area contributed by atoms with Gasteiger partial charge in [-0.3, -0.25) is 4.98 Å². The summed E-state index contributed by atoms with van der Waals surface area (Å²) in [5.74, 6) is -0.263. The molecule has 0 aromatic carbocycles. The third-order valence-corrected chi connectivity index (χ3v) is 3.34. The second-order valence-electron chi connectivity index (χ2n) is 5.33. The standard InChI is InChI=1S/C14H19F3N2O/c1-9(2)13-12(14(15,16)17)4-3-10(19-13)7-18-11-5-6-20-8-11/h3-4,9,11,18H,5-8H2,1-2H3. The van der Waals surface area contributed by atoms with E-state index in [1.807, 2.05) is 0 Å². The topological polar surface area (TPSA) is 34.2 Å². The lowest BCUT2D eigenvalue weighted by molar-refractivity contribution is -0.138. The third-order valence-electron chi connectivity index (χ3n) is 3.34. The normalized spacial score (nSPS) is 19.8. The van der Waals surface area contributed by atoms with Crippen molar-refractivity contribution in [2.45, 2.75) is 44.9 Å². The van der Waals surface area contributed by atoms with Crippen LogP contribution in [0.4, 0.5) is 13.2 Å². The molecule has 1 N–H and O–H groups in total. The average molecular weight is 288 g/mol. The molecule has 1 fully saturated rings. The molecule has 1 unspecified atom stereocenters. The van der Waals surface area contributed by atoms with Gasteiger partial charge in [0.15, 0.2) is 0 Å². The molecule has 0 saturated carbocycles. The van der Waals surface area contributed by atoms with Crippen LogP contribution in [0, 0.1) is 0 Å². The lowest BCUT2D eigenvalue weighted by Crippen LogP contribution is -2.29. The monoisotopic (exact) mass is 288 g/mol. The summed E-state index contributed by atoms with van der Waals surface area (Å²) in [6.45, 7) is 5.29. The van der Waals surface area contributed by atoms with Crippen molar-refractivity contribution in [2.24, 2.45) is 0 Å². The number of hydrogen-bond donors (Lipinski definition) is 1. The maximum Gasteiger partial charge on any atom is 0.418 e. The molecule has 1 saturated heterocycles. The van der Waals surface area contributed by atoms with Crippen LogP contribution < -0.4 is 5.32 Å². The minimum Gasteiger partial charge on any atom is -0.380 e. The Morgan fingerprint density at radius 1 is 1.40 bits per heavy atom. The van der Waals surface area contributed by atoms with Gasteiger partial charge in [-0.05, 0) is 24.5 Å². The van der Waals surface area contributed by atoms with Crippen molar-refractivity contribution in [1.82, 2.24) is 10.3 Å². The Labute approximate surface area is 116 Å². The van der Waals surface area contributed by atoms with E-state index in [-0.39, 0.29) is 17.7 Å². The first-order chi connectivity index (χ1) is 9.38. The first-order valence-corrected chi connectivity index (χ1v) is 6.76. The molecule has 112 valence electrons. The lowest BCUT2D eigenvalue weighted by atomic mass is 10.0. The zero-order valence-electron chi connectivity index (χ0n) is 11.6. The van der Waals surface area contributed by atoms with E-state index in [1.54, 1.807) is 13.8 Å². The second kappa shape index (κ2) is 6.10. The molecule has 1 aliphatic rings. The van der Waals surface area contributed by atoms with Crippen molar-refractivity contribution in [2.75, 3.05) is 13.2 Å². The van der Waals surface area contributed by atoms with Crippen molar-refractivity contribution < 1.29 is 17.9 Å². The molecule has 1 atom stereocenters. The Kier molecular flexibility index (Phi) is 4.65. The second-order valence-corrected chi connectivity index (χ2v) is 5.33. The molecule has 1 aliphatic heterocycles. The van der Waals surface area contributed by atoms with E-state index >= 15 is 0 Å². The smallest absolute Gasteiger partial charge is 0.380 e. The highest BCUT2D eigenvalue weighted by atomic mass is 19.4. The van der Waals surface area contributed by atoms with Crippen LogP contribution in [0.1, 0.15) is 43.1 Å². The molecule has 0 amide bonds. The number of ether oxygens (including phenoxy) is 1. The van der Waals surface area contributed by atoms with Crippen molar-refractivity contribution >= 4 is 0 Å². The summed E-state index contributed by atoms with van der Waals surface area (Å²) in [6, 6.07) is 2.84. The summed E-state index contributed by atoms with van der Waals surface area (Å²) in [7, 11) is 0. The van der Waals surface area contributed by atoms with Crippen LogP contribution in [-0.2, 0) is 17.5 Å². The number of pyridine rings is 1. The maximum atomic E-state index is 12.9. The largest absolute Gasteiger partial charge is 0.418 e. The van der Waals surface area contributed by atoms with Crippen molar-refractivity contribution in [3.63, 3.8) is 0 Å². The van der Waals surface area contributed by atoms with Gasteiger partial charge in [-0.1, -0.05) is 13.8 Å². The summed E-state index contributed by atoms with van der Waals surface area (Å²) in [5.41, 5.74) is 0.105. The number of aromatic nitrogens is 1. The fraction of sp³-hybridized carbons (Fsp3) is 0.643. The van der Waals surface area contributed by atoms with Gasteiger partial charge in [-0.15, -0.1) is 0 Å². The van der Waals surface area contributed by atoms with Gasteiger partial charge in [0.2, 0.25) is 0 Å². The van der Waals surface area contributed by atoms with E-state index in [9.17, 15) is 13.2 Å². The zero-order chi connectivity index (χ0) is 14.8. The average Bonchev–Trinajstić information content (AvgIpc) is 2.88. The summed E-state index contributed by atoms with van der Waals surface area (Å²) in [5, 5.41) is 3.25. The van der Waals surface area contributed by atoms with E-state index in [0.717, 1.165) is 19.1 Å². The molecule has 0 radical (unpaired) electrons.